The number of piperidine rings is 1. The lowest BCUT2D eigenvalue weighted by molar-refractivity contribution is 0.0839. The zero-order valence-corrected chi connectivity index (χ0v) is 21.5. The second-order valence-corrected chi connectivity index (χ2v) is 13.0. The number of ether oxygens (including phenoxy) is 1. The Labute approximate surface area is 215 Å². The topological polar surface area (TPSA) is 29.5 Å². The van der Waals surface area contributed by atoms with Crippen molar-refractivity contribution in [2.45, 2.75) is 19.4 Å². The van der Waals surface area contributed by atoms with Crippen LogP contribution in [0.25, 0.3) is 0 Å². The highest BCUT2D eigenvalue weighted by molar-refractivity contribution is 7.95. The first kappa shape index (κ1) is 24.3. The number of likely N-dealkylation sites (tertiary alicyclic amines) is 1. The second kappa shape index (κ2) is 11.5. The summed E-state index contributed by atoms with van der Waals surface area (Å²) in [4.78, 5) is 14.6. The quantitative estimate of drug-likeness (QED) is 0.294. The smallest absolute Gasteiger partial charge is 0.410 e. The van der Waals surface area contributed by atoms with Crippen LogP contribution in [-0.4, -0.2) is 30.2 Å². The lowest BCUT2D eigenvalue weighted by Gasteiger charge is -2.35. The van der Waals surface area contributed by atoms with Gasteiger partial charge in [0.2, 0.25) is 0 Å². The van der Waals surface area contributed by atoms with Gasteiger partial charge in [0.15, 0.2) is 0 Å². The molecule has 4 aromatic carbocycles. The molecule has 1 amide bonds. The Morgan fingerprint density at radius 2 is 1.08 bits per heavy atom. The van der Waals surface area contributed by atoms with Crippen LogP contribution in [0.5, 0.6) is 0 Å². The Morgan fingerprint density at radius 1 is 0.667 bits per heavy atom. The fraction of sp³-hybridized carbons (Fsp3) is 0.219. The molecule has 36 heavy (non-hydrogen) atoms. The molecule has 1 fully saturated rings. The summed E-state index contributed by atoms with van der Waals surface area (Å²) in [6, 6.07) is 43.1. The van der Waals surface area contributed by atoms with Crippen LogP contribution < -0.4 is 15.9 Å². The van der Waals surface area contributed by atoms with Gasteiger partial charge >= 0.3 is 6.09 Å². The van der Waals surface area contributed by atoms with Gasteiger partial charge in [-0.1, -0.05) is 84.9 Å². The number of benzene rings is 4. The molecule has 0 unspecified atom stereocenters. The van der Waals surface area contributed by atoms with E-state index in [0.29, 0.717) is 12.5 Å². The average molecular weight is 495 g/mol. The van der Waals surface area contributed by atoms with Crippen molar-refractivity contribution in [3.05, 3.63) is 127 Å². The molecule has 4 heteroatoms. The van der Waals surface area contributed by atoms with Crippen LogP contribution in [0.4, 0.5) is 4.79 Å². The summed E-state index contributed by atoms with van der Waals surface area (Å²) >= 11 is 0. The number of amides is 1. The molecule has 182 valence electrons. The molecule has 5 rings (SSSR count). The van der Waals surface area contributed by atoms with E-state index in [0.717, 1.165) is 37.7 Å². The minimum absolute atomic E-state index is 0.201. The number of hydrogen-bond acceptors (Lipinski definition) is 2. The summed E-state index contributed by atoms with van der Waals surface area (Å²) < 4.78 is 5.61. The highest BCUT2D eigenvalue weighted by Gasteiger charge is 2.47. The van der Waals surface area contributed by atoms with Crippen molar-refractivity contribution < 1.29 is 9.53 Å². The SMILES string of the molecule is O=C(OCc1ccccc1)N1CCC(C[P+](c2ccccc2)(c2ccccc2)c2ccccc2)CC1. The van der Waals surface area contributed by atoms with Crippen molar-refractivity contribution >= 4 is 29.3 Å². The maximum atomic E-state index is 12.7. The van der Waals surface area contributed by atoms with E-state index < -0.39 is 7.26 Å². The predicted octanol–water partition coefficient (Wildman–Crippen LogP) is 6.03. The molecule has 0 atom stereocenters. The first-order valence-electron chi connectivity index (χ1n) is 12.8. The Hall–Kier alpha value is -3.42. The maximum Gasteiger partial charge on any atom is 0.410 e. The van der Waals surface area contributed by atoms with Gasteiger partial charge in [-0.3, -0.25) is 0 Å². The van der Waals surface area contributed by atoms with Crippen molar-refractivity contribution in [1.82, 2.24) is 4.90 Å². The van der Waals surface area contributed by atoms with Crippen LogP contribution in [0.3, 0.4) is 0 Å². The third kappa shape index (κ3) is 5.37. The van der Waals surface area contributed by atoms with Gasteiger partial charge in [-0.2, -0.15) is 0 Å². The summed E-state index contributed by atoms with van der Waals surface area (Å²) in [5.41, 5.74) is 1.02. The Morgan fingerprint density at radius 3 is 1.53 bits per heavy atom. The van der Waals surface area contributed by atoms with Gasteiger partial charge in [-0.25, -0.2) is 4.79 Å². The number of rotatable bonds is 7. The Kier molecular flexibility index (Phi) is 7.79. The van der Waals surface area contributed by atoms with Crippen molar-refractivity contribution in [2.24, 2.45) is 5.92 Å². The summed E-state index contributed by atoms with van der Waals surface area (Å²) in [7, 11) is -1.85. The zero-order valence-electron chi connectivity index (χ0n) is 20.6. The van der Waals surface area contributed by atoms with Gasteiger partial charge in [0.25, 0.3) is 0 Å². The third-order valence-corrected chi connectivity index (χ3v) is 11.8. The molecule has 1 aliphatic rings. The molecule has 3 nitrogen and oxygen atoms in total. The highest BCUT2D eigenvalue weighted by Crippen LogP contribution is 2.57. The van der Waals surface area contributed by atoms with E-state index in [1.165, 1.54) is 15.9 Å². The number of carbonyl (C=O) groups excluding carboxylic acids is 1. The van der Waals surface area contributed by atoms with Crippen molar-refractivity contribution in [3.8, 4) is 0 Å². The summed E-state index contributed by atoms with van der Waals surface area (Å²) in [5.74, 6) is 0.539. The van der Waals surface area contributed by atoms with Gasteiger partial charge in [-0.05, 0) is 60.7 Å². The van der Waals surface area contributed by atoms with Gasteiger partial charge in [-0.15, -0.1) is 0 Å². The molecule has 1 heterocycles. The molecule has 0 spiro atoms. The number of carbonyl (C=O) groups is 1. The van der Waals surface area contributed by atoms with E-state index in [-0.39, 0.29) is 6.09 Å². The van der Waals surface area contributed by atoms with Crippen LogP contribution in [0, 0.1) is 5.92 Å². The molecule has 0 aliphatic carbocycles. The second-order valence-electron chi connectivity index (χ2n) is 9.47. The van der Waals surface area contributed by atoms with E-state index in [1.807, 2.05) is 35.2 Å². The first-order chi connectivity index (χ1) is 17.8. The molecule has 0 radical (unpaired) electrons. The molecule has 0 aromatic heterocycles. The third-order valence-electron chi connectivity index (χ3n) is 7.20. The monoisotopic (exact) mass is 494 g/mol. The van der Waals surface area contributed by atoms with E-state index in [2.05, 4.69) is 91.0 Å². The Bertz CT molecular complexity index is 1130. The fourth-order valence-corrected chi connectivity index (χ4v) is 10.0. The van der Waals surface area contributed by atoms with Gasteiger partial charge < -0.3 is 9.64 Å². The van der Waals surface area contributed by atoms with E-state index in [9.17, 15) is 4.79 Å². The molecule has 0 N–H and O–H groups in total. The molecule has 1 aliphatic heterocycles. The predicted molar refractivity (Wildman–Crippen MR) is 151 cm³/mol. The summed E-state index contributed by atoms with van der Waals surface area (Å²) in [6.45, 7) is 1.82. The van der Waals surface area contributed by atoms with Gasteiger partial charge in [0, 0.05) is 13.1 Å². The normalized spacial score (nSPS) is 14.4. The fourth-order valence-electron chi connectivity index (χ4n) is 5.31. The summed E-state index contributed by atoms with van der Waals surface area (Å²) in [6.07, 6.45) is 2.90. The molecule has 0 saturated carbocycles. The lowest BCUT2D eigenvalue weighted by atomic mass is 9.99. The lowest BCUT2D eigenvalue weighted by Crippen LogP contribution is -2.42. The van der Waals surface area contributed by atoms with Crippen molar-refractivity contribution in [2.75, 3.05) is 19.3 Å². The number of nitrogens with zero attached hydrogens (tertiary/aromatic N) is 1. The van der Waals surface area contributed by atoms with E-state index in [1.54, 1.807) is 0 Å². The molecule has 1 saturated heterocycles. The number of hydrogen-bond donors (Lipinski definition) is 0. The van der Waals surface area contributed by atoms with Crippen LogP contribution in [0.2, 0.25) is 0 Å². The molecule has 4 aromatic rings. The van der Waals surface area contributed by atoms with E-state index in [4.69, 9.17) is 4.74 Å². The largest absolute Gasteiger partial charge is 0.445 e. The maximum absolute atomic E-state index is 12.7. The van der Waals surface area contributed by atoms with Gasteiger partial charge in [0.1, 0.15) is 29.8 Å². The minimum Gasteiger partial charge on any atom is -0.445 e. The Balaban J connectivity index is 1.36. The van der Waals surface area contributed by atoms with Crippen LogP contribution in [0.1, 0.15) is 18.4 Å². The average Bonchev–Trinajstić information content (AvgIpc) is 2.97. The van der Waals surface area contributed by atoms with Crippen LogP contribution in [-0.2, 0) is 11.3 Å². The molecular weight excluding hydrogens is 461 g/mol. The standard InChI is InChI=1S/C32H33NO2P/c34-32(35-25-27-13-5-1-6-14-27)33-23-21-28(22-24-33)26-36(29-15-7-2-8-16-29,30-17-9-3-10-18-30)31-19-11-4-12-20-31/h1-20,28H,21-26H2/q+1. The van der Waals surface area contributed by atoms with Crippen LogP contribution in [0.15, 0.2) is 121 Å². The van der Waals surface area contributed by atoms with Crippen LogP contribution >= 0.6 is 7.26 Å². The summed E-state index contributed by atoms with van der Waals surface area (Å²) in [5, 5.41) is 4.27. The molecular formula is C32H33NO2P+. The van der Waals surface area contributed by atoms with Crippen molar-refractivity contribution in [3.63, 3.8) is 0 Å². The van der Waals surface area contributed by atoms with Gasteiger partial charge in [0.05, 0.1) is 6.16 Å². The van der Waals surface area contributed by atoms with E-state index >= 15 is 0 Å². The highest BCUT2D eigenvalue weighted by atomic mass is 31.2. The first-order valence-corrected chi connectivity index (χ1v) is 14.7. The minimum atomic E-state index is -1.85. The zero-order chi connectivity index (χ0) is 24.6. The van der Waals surface area contributed by atoms with Crippen molar-refractivity contribution in [1.29, 1.82) is 0 Å². The molecule has 0 bridgehead atoms.